The summed E-state index contributed by atoms with van der Waals surface area (Å²) in [6.07, 6.45) is 2.57. The topological polar surface area (TPSA) is 6.48 Å². The van der Waals surface area contributed by atoms with Crippen molar-refractivity contribution in [3.8, 4) is 0 Å². The van der Waals surface area contributed by atoms with E-state index >= 15 is 0 Å². The number of rotatable bonds is 7. The second-order valence-corrected chi connectivity index (χ2v) is 9.47. The summed E-state index contributed by atoms with van der Waals surface area (Å²) in [7, 11) is 0. The fourth-order valence-corrected chi connectivity index (χ4v) is 5.29. The third-order valence-electron chi connectivity index (χ3n) is 6.82. The summed E-state index contributed by atoms with van der Waals surface area (Å²) in [6.45, 7) is 13.3. The van der Waals surface area contributed by atoms with Gasteiger partial charge in [0.05, 0.1) is 18.2 Å². The largest absolute Gasteiger partial charge is 0.275 e. The maximum Gasteiger partial charge on any atom is 0.0897 e. The second kappa shape index (κ2) is 10.0. The Bertz CT molecular complexity index is 927. The molecule has 4 rings (SSSR count). The molecule has 32 heavy (non-hydrogen) atoms. The minimum absolute atomic E-state index is 0.285. The van der Waals surface area contributed by atoms with Crippen molar-refractivity contribution in [1.29, 1.82) is 0 Å². The van der Waals surface area contributed by atoms with Crippen molar-refractivity contribution in [3.63, 3.8) is 0 Å². The fourth-order valence-electron chi connectivity index (χ4n) is 5.29. The van der Waals surface area contributed by atoms with E-state index in [9.17, 15) is 0 Å². The Hall–Kier alpha value is -2.42. The zero-order valence-corrected chi connectivity index (χ0v) is 20.4. The van der Waals surface area contributed by atoms with E-state index in [1.807, 2.05) is 0 Å². The summed E-state index contributed by atoms with van der Waals surface area (Å²) in [4.78, 5) is 5.52. The van der Waals surface area contributed by atoms with E-state index in [-0.39, 0.29) is 6.17 Å². The van der Waals surface area contributed by atoms with E-state index in [1.165, 1.54) is 33.4 Å². The Balaban J connectivity index is 1.89. The van der Waals surface area contributed by atoms with Gasteiger partial charge in [0.1, 0.15) is 0 Å². The second-order valence-electron chi connectivity index (χ2n) is 9.47. The Morgan fingerprint density at radius 1 is 0.500 bits per heavy atom. The SMILES string of the molecule is CCCN1C(c2ccc(C)cc2)N(CCC)[C@H](c2ccc(C)cc2)[C@H]1c1ccc(C)cc1. The summed E-state index contributed by atoms with van der Waals surface area (Å²) in [6, 6.07) is 28.4. The van der Waals surface area contributed by atoms with Crippen molar-refractivity contribution >= 4 is 0 Å². The number of hydrogen-bond acceptors (Lipinski definition) is 2. The zero-order chi connectivity index (χ0) is 22.7. The molecule has 0 radical (unpaired) electrons. The van der Waals surface area contributed by atoms with Gasteiger partial charge in [-0.15, -0.1) is 0 Å². The van der Waals surface area contributed by atoms with Crippen molar-refractivity contribution in [2.75, 3.05) is 13.1 Å². The van der Waals surface area contributed by atoms with E-state index in [2.05, 4.69) is 117 Å². The van der Waals surface area contributed by atoms with Gasteiger partial charge in [-0.05, 0) is 50.3 Å². The van der Waals surface area contributed by atoms with Crippen molar-refractivity contribution in [2.45, 2.75) is 65.7 Å². The molecule has 3 aromatic carbocycles. The lowest BCUT2D eigenvalue weighted by Crippen LogP contribution is -2.33. The van der Waals surface area contributed by atoms with E-state index < -0.39 is 0 Å². The molecule has 0 saturated carbocycles. The molecule has 3 aromatic rings. The van der Waals surface area contributed by atoms with Crippen LogP contribution in [0.5, 0.6) is 0 Å². The monoisotopic (exact) mass is 426 g/mol. The third kappa shape index (κ3) is 4.53. The molecule has 1 fully saturated rings. The third-order valence-corrected chi connectivity index (χ3v) is 6.82. The van der Waals surface area contributed by atoms with Gasteiger partial charge in [-0.3, -0.25) is 9.80 Å². The van der Waals surface area contributed by atoms with E-state index in [4.69, 9.17) is 0 Å². The molecule has 0 N–H and O–H groups in total. The van der Waals surface area contributed by atoms with Crippen LogP contribution in [0.4, 0.5) is 0 Å². The maximum atomic E-state index is 2.76. The molecule has 0 spiro atoms. The van der Waals surface area contributed by atoms with Crippen LogP contribution in [0.1, 0.15) is 78.3 Å². The highest BCUT2D eigenvalue weighted by Crippen LogP contribution is 2.52. The van der Waals surface area contributed by atoms with Crippen molar-refractivity contribution in [2.24, 2.45) is 0 Å². The molecule has 168 valence electrons. The van der Waals surface area contributed by atoms with Crippen LogP contribution in [0.3, 0.4) is 0 Å². The molecule has 0 amide bonds. The molecule has 2 heteroatoms. The first-order valence-electron chi connectivity index (χ1n) is 12.2. The van der Waals surface area contributed by atoms with Crippen LogP contribution in [0.2, 0.25) is 0 Å². The van der Waals surface area contributed by atoms with Crippen molar-refractivity contribution < 1.29 is 0 Å². The smallest absolute Gasteiger partial charge is 0.0897 e. The Morgan fingerprint density at radius 2 is 0.812 bits per heavy atom. The number of hydrogen-bond donors (Lipinski definition) is 0. The van der Waals surface area contributed by atoms with Crippen LogP contribution in [0.25, 0.3) is 0 Å². The van der Waals surface area contributed by atoms with E-state index in [1.54, 1.807) is 0 Å². The van der Waals surface area contributed by atoms with E-state index in [0.29, 0.717) is 12.1 Å². The molecule has 0 unspecified atom stereocenters. The van der Waals surface area contributed by atoms with Gasteiger partial charge in [0.2, 0.25) is 0 Å². The molecule has 0 aliphatic carbocycles. The molecule has 1 heterocycles. The Morgan fingerprint density at radius 3 is 1.12 bits per heavy atom. The van der Waals surface area contributed by atoms with Crippen LogP contribution in [-0.4, -0.2) is 22.9 Å². The molecule has 1 saturated heterocycles. The van der Waals surface area contributed by atoms with E-state index in [0.717, 1.165) is 25.9 Å². The van der Waals surface area contributed by atoms with Crippen LogP contribution in [0.15, 0.2) is 72.8 Å². The predicted octanol–water partition coefficient (Wildman–Crippen LogP) is 7.53. The van der Waals surface area contributed by atoms with Gasteiger partial charge in [0.15, 0.2) is 0 Å². The molecule has 0 bridgehead atoms. The Labute approximate surface area is 194 Å². The number of benzene rings is 3. The highest BCUT2D eigenvalue weighted by Gasteiger charge is 2.47. The molecule has 2 nitrogen and oxygen atoms in total. The summed E-state index contributed by atoms with van der Waals surface area (Å²) in [5, 5.41) is 0. The number of aryl methyl sites for hydroxylation is 3. The molecular weight excluding hydrogens is 388 g/mol. The lowest BCUT2D eigenvalue weighted by Gasteiger charge is -2.32. The van der Waals surface area contributed by atoms with Gasteiger partial charge >= 0.3 is 0 Å². The average molecular weight is 427 g/mol. The summed E-state index contributed by atoms with van der Waals surface area (Å²) < 4.78 is 0. The predicted molar refractivity (Wildman–Crippen MR) is 136 cm³/mol. The van der Waals surface area contributed by atoms with Gasteiger partial charge in [-0.1, -0.05) is 103 Å². The molecular formula is C30H38N2. The van der Waals surface area contributed by atoms with Crippen LogP contribution >= 0.6 is 0 Å². The lowest BCUT2D eigenvalue weighted by molar-refractivity contribution is 0.113. The van der Waals surface area contributed by atoms with Gasteiger partial charge < -0.3 is 0 Å². The standard InChI is InChI=1S/C30H38N2/c1-6-20-31-28(25-14-8-22(3)9-15-25)29(26-16-10-23(4)11-17-26)32(21-7-2)30(31)27-18-12-24(5)13-19-27/h8-19,28-30H,6-7,20-21H2,1-5H3/t28-,29-/m1/s1. The van der Waals surface area contributed by atoms with Gasteiger partial charge in [-0.2, -0.15) is 0 Å². The van der Waals surface area contributed by atoms with Crippen LogP contribution < -0.4 is 0 Å². The van der Waals surface area contributed by atoms with Crippen LogP contribution in [0, 0.1) is 20.8 Å². The van der Waals surface area contributed by atoms with Crippen molar-refractivity contribution in [1.82, 2.24) is 9.80 Å². The lowest BCUT2D eigenvalue weighted by atomic mass is 9.92. The first-order valence-corrected chi connectivity index (χ1v) is 12.2. The first kappa shape index (κ1) is 22.8. The minimum atomic E-state index is 0.285. The highest BCUT2D eigenvalue weighted by molar-refractivity contribution is 5.35. The fraction of sp³-hybridized carbons (Fsp3) is 0.400. The van der Waals surface area contributed by atoms with Crippen LogP contribution in [-0.2, 0) is 0 Å². The minimum Gasteiger partial charge on any atom is -0.275 e. The van der Waals surface area contributed by atoms with Gasteiger partial charge in [0, 0.05) is 13.1 Å². The molecule has 2 atom stereocenters. The summed E-state index contributed by atoms with van der Waals surface area (Å²) >= 11 is 0. The summed E-state index contributed by atoms with van der Waals surface area (Å²) in [5.74, 6) is 0. The average Bonchev–Trinajstić information content (AvgIpc) is 3.10. The van der Waals surface area contributed by atoms with Crippen molar-refractivity contribution in [3.05, 3.63) is 106 Å². The number of nitrogens with zero attached hydrogens (tertiary/aromatic N) is 2. The quantitative estimate of drug-likeness (QED) is 0.385. The highest BCUT2D eigenvalue weighted by atomic mass is 15.5. The molecule has 1 aliphatic rings. The molecule has 0 aromatic heterocycles. The zero-order valence-electron chi connectivity index (χ0n) is 20.4. The maximum absolute atomic E-state index is 2.76. The van der Waals surface area contributed by atoms with Gasteiger partial charge in [-0.25, -0.2) is 0 Å². The van der Waals surface area contributed by atoms with Gasteiger partial charge in [0.25, 0.3) is 0 Å². The first-order chi connectivity index (χ1) is 15.5. The molecule has 1 aliphatic heterocycles. The normalized spacial score (nSPS) is 20.2. The summed E-state index contributed by atoms with van der Waals surface area (Å²) in [5.41, 5.74) is 8.21. The Kier molecular flexibility index (Phi) is 7.13.